The average Bonchev–Trinajstić information content (AvgIpc) is 3.64. The zero-order chi connectivity index (χ0) is 38.4. The van der Waals surface area contributed by atoms with E-state index in [1.165, 1.54) is 76.7 Å². The second kappa shape index (κ2) is 14.1. The first-order valence-corrected chi connectivity index (χ1v) is 19.9. The molecule has 0 amide bonds. The number of hydrogen-bond donors (Lipinski definition) is 0. The van der Waals surface area contributed by atoms with Crippen LogP contribution < -0.4 is 4.90 Å². The van der Waals surface area contributed by atoms with Crippen molar-refractivity contribution in [3.05, 3.63) is 231 Å². The molecule has 58 heavy (non-hydrogen) atoms. The molecule has 272 valence electrons. The fraction of sp³-hybridized carbons (Fsp3) is 0. The smallest absolute Gasteiger partial charge is 0.0547 e. The largest absolute Gasteiger partial charge is 0.310 e. The van der Waals surface area contributed by atoms with Crippen molar-refractivity contribution in [3.63, 3.8) is 0 Å². The fourth-order valence-electron chi connectivity index (χ4n) is 8.88. The lowest BCUT2D eigenvalue weighted by molar-refractivity contribution is 1.18. The van der Waals surface area contributed by atoms with Crippen LogP contribution in [0.15, 0.2) is 231 Å². The number of nitrogens with zero attached hydrogens (tertiary/aromatic N) is 2. The number of anilines is 3. The highest BCUT2D eigenvalue weighted by Gasteiger charge is 2.19. The van der Waals surface area contributed by atoms with Crippen LogP contribution >= 0.6 is 0 Å². The van der Waals surface area contributed by atoms with Crippen molar-refractivity contribution in [2.45, 2.75) is 0 Å². The van der Waals surface area contributed by atoms with Crippen molar-refractivity contribution in [1.82, 2.24) is 4.57 Å². The van der Waals surface area contributed by atoms with Gasteiger partial charge in [0.05, 0.1) is 16.7 Å². The van der Waals surface area contributed by atoms with Crippen LogP contribution in [0.4, 0.5) is 17.1 Å². The summed E-state index contributed by atoms with van der Waals surface area (Å²) in [4.78, 5) is 2.41. The minimum Gasteiger partial charge on any atom is -0.310 e. The van der Waals surface area contributed by atoms with E-state index in [1.54, 1.807) is 0 Å². The Balaban J connectivity index is 1.06. The lowest BCUT2D eigenvalue weighted by atomic mass is 9.97. The van der Waals surface area contributed by atoms with Crippen LogP contribution in [-0.4, -0.2) is 4.57 Å². The van der Waals surface area contributed by atoms with Crippen molar-refractivity contribution in [1.29, 1.82) is 0 Å². The van der Waals surface area contributed by atoms with E-state index in [-0.39, 0.29) is 0 Å². The first-order valence-electron chi connectivity index (χ1n) is 19.9. The molecule has 0 N–H and O–H groups in total. The Morgan fingerprint density at radius 2 is 0.862 bits per heavy atom. The predicted molar refractivity (Wildman–Crippen MR) is 247 cm³/mol. The van der Waals surface area contributed by atoms with Crippen LogP contribution in [0.2, 0.25) is 0 Å². The Morgan fingerprint density at radius 3 is 1.67 bits per heavy atom. The normalized spacial score (nSPS) is 11.4. The molecule has 11 aromatic rings. The van der Waals surface area contributed by atoms with Gasteiger partial charge in [0.25, 0.3) is 0 Å². The summed E-state index contributed by atoms with van der Waals surface area (Å²) in [5.74, 6) is 0. The third kappa shape index (κ3) is 5.74. The molecular formula is C56H38N2. The zero-order valence-corrected chi connectivity index (χ0v) is 31.8. The van der Waals surface area contributed by atoms with Gasteiger partial charge < -0.3 is 9.47 Å². The summed E-state index contributed by atoms with van der Waals surface area (Å²) in [6.07, 6.45) is 0. The first kappa shape index (κ1) is 33.6. The molecule has 10 aromatic carbocycles. The van der Waals surface area contributed by atoms with Gasteiger partial charge in [-0.25, -0.2) is 0 Å². The molecule has 0 aliphatic carbocycles. The second-order valence-electron chi connectivity index (χ2n) is 14.9. The lowest BCUT2D eigenvalue weighted by Crippen LogP contribution is -2.10. The Kier molecular flexibility index (Phi) is 8.19. The van der Waals surface area contributed by atoms with Crippen LogP contribution in [0.1, 0.15) is 0 Å². The van der Waals surface area contributed by atoms with Crippen molar-refractivity contribution in [2.24, 2.45) is 0 Å². The van der Waals surface area contributed by atoms with Gasteiger partial charge in [-0.1, -0.05) is 176 Å². The molecule has 0 fully saturated rings. The number of hydrogen-bond acceptors (Lipinski definition) is 1. The van der Waals surface area contributed by atoms with E-state index in [0.717, 1.165) is 22.7 Å². The number of rotatable bonds is 7. The van der Waals surface area contributed by atoms with E-state index in [0.29, 0.717) is 0 Å². The van der Waals surface area contributed by atoms with Crippen LogP contribution in [-0.2, 0) is 0 Å². The first-order chi connectivity index (χ1) is 28.8. The molecule has 0 radical (unpaired) electrons. The molecule has 0 spiro atoms. The molecule has 0 saturated carbocycles. The molecule has 1 heterocycles. The molecule has 0 bridgehead atoms. The summed E-state index contributed by atoms with van der Waals surface area (Å²) < 4.78 is 2.41. The average molecular weight is 739 g/mol. The number of para-hydroxylation sites is 1. The molecule has 2 nitrogen and oxygen atoms in total. The fourth-order valence-corrected chi connectivity index (χ4v) is 8.88. The third-order valence-corrected chi connectivity index (χ3v) is 11.6. The van der Waals surface area contributed by atoms with Crippen molar-refractivity contribution < 1.29 is 0 Å². The minimum absolute atomic E-state index is 1.10. The van der Waals surface area contributed by atoms with E-state index in [2.05, 4.69) is 240 Å². The van der Waals surface area contributed by atoms with Gasteiger partial charge in [0, 0.05) is 33.2 Å². The quantitative estimate of drug-likeness (QED) is 0.158. The standard InChI is InChI=1S/C56H38N2/c1-2-14-39(15-3-1)40-30-34-46(35-31-40)58-54-27-9-8-24-52(54)56-51(26-13-29-55(56)58)44-20-10-21-47(38-44)57(53-28-12-19-42-17-5-7-23-50(42)53)45-36-32-43(33-37-45)49-25-11-18-41-16-4-6-22-48(41)49/h1-38H. The summed E-state index contributed by atoms with van der Waals surface area (Å²) in [7, 11) is 0. The Bertz CT molecular complexity index is 3260. The van der Waals surface area contributed by atoms with Gasteiger partial charge in [-0.2, -0.15) is 0 Å². The summed E-state index contributed by atoms with van der Waals surface area (Å²) in [6.45, 7) is 0. The maximum absolute atomic E-state index is 2.41. The SMILES string of the molecule is c1ccc(-c2ccc(-n3c4ccccc4c4c(-c5cccc(N(c6ccc(-c7cccc8ccccc78)cc6)c6cccc7ccccc67)c5)cccc43)cc2)cc1. The predicted octanol–water partition coefficient (Wildman–Crippen LogP) is 15.6. The molecular weight excluding hydrogens is 701 g/mol. The van der Waals surface area contributed by atoms with Gasteiger partial charge in [-0.3, -0.25) is 0 Å². The number of fused-ring (bicyclic) bond motifs is 5. The van der Waals surface area contributed by atoms with Crippen molar-refractivity contribution in [2.75, 3.05) is 4.90 Å². The van der Waals surface area contributed by atoms with E-state index >= 15 is 0 Å². The van der Waals surface area contributed by atoms with E-state index in [4.69, 9.17) is 0 Å². The van der Waals surface area contributed by atoms with Gasteiger partial charge >= 0.3 is 0 Å². The van der Waals surface area contributed by atoms with Crippen LogP contribution in [0, 0.1) is 0 Å². The Morgan fingerprint density at radius 1 is 0.310 bits per heavy atom. The van der Waals surface area contributed by atoms with Gasteiger partial charge in [-0.15, -0.1) is 0 Å². The van der Waals surface area contributed by atoms with Gasteiger partial charge in [-0.05, 0) is 104 Å². The molecule has 0 unspecified atom stereocenters. The van der Waals surface area contributed by atoms with Gasteiger partial charge in [0.15, 0.2) is 0 Å². The highest BCUT2D eigenvalue weighted by Crippen LogP contribution is 2.43. The number of benzene rings is 10. The summed E-state index contributed by atoms with van der Waals surface area (Å²) in [5.41, 5.74) is 14.1. The summed E-state index contributed by atoms with van der Waals surface area (Å²) >= 11 is 0. The lowest BCUT2D eigenvalue weighted by Gasteiger charge is -2.27. The maximum atomic E-state index is 2.41. The second-order valence-corrected chi connectivity index (χ2v) is 14.9. The van der Waals surface area contributed by atoms with Gasteiger partial charge in [0.2, 0.25) is 0 Å². The maximum Gasteiger partial charge on any atom is 0.0547 e. The summed E-state index contributed by atoms with van der Waals surface area (Å²) in [6, 6.07) is 83.7. The molecule has 0 aliphatic heterocycles. The van der Waals surface area contributed by atoms with Crippen LogP contribution in [0.3, 0.4) is 0 Å². The van der Waals surface area contributed by atoms with Crippen LogP contribution in [0.5, 0.6) is 0 Å². The monoisotopic (exact) mass is 738 g/mol. The van der Waals surface area contributed by atoms with E-state index < -0.39 is 0 Å². The highest BCUT2D eigenvalue weighted by atomic mass is 15.1. The number of aromatic nitrogens is 1. The van der Waals surface area contributed by atoms with Gasteiger partial charge in [0.1, 0.15) is 0 Å². The van der Waals surface area contributed by atoms with Crippen LogP contribution in [0.25, 0.3) is 82.4 Å². The highest BCUT2D eigenvalue weighted by molar-refractivity contribution is 6.16. The molecule has 0 atom stereocenters. The zero-order valence-electron chi connectivity index (χ0n) is 31.8. The Labute approximate surface area is 338 Å². The molecule has 0 aliphatic rings. The minimum atomic E-state index is 1.10. The molecule has 0 saturated heterocycles. The topological polar surface area (TPSA) is 8.17 Å². The molecule has 2 heteroatoms. The van der Waals surface area contributed by atoms with Crippen molar-refractivity contribution in [3.8, 4) is 39.1 Å². The van der Waals surface area contributed by atoms with E-state index in [1.807, 2.05) is 0 Å². The summed E-state index contributed by atoms with van der Waals surface area (Å²) in [5, 5.41) is 7.41. The molecule has 11 rings (SSSR count). The van der Waals surface area contributed by atoms with E-state index in [9.17, 15) is 0 Å². The third-order valence-electron chi connectivity index (χ3n) is 11.6. The Hall–Kier alpha value is -7.68. The molecule has 1 aromatic heterocycles. The van der Waals surface area contributed by atoms with Crippen molar-refractivity contribution >= 4 is 60.4 Å².